The number of hydrogen-bond acceptors (Lipinski definition) is 4. The highest BCUT2D eigenvalue weighted by molar-refractivity contribution is 7.80. The average Bonchev–Trinajstić information content (AvgIpc) is 3.14. The van der Waals surface area contributed by atoms with Crippen LogP contribution in [0.1, 0.15) is 28.0 Å². The van der Waals surface area contributed by atoms with E-state index in [2.05, 4.69) is 16.7 Å². The van der Waals surface area contributed by atoms with Crippen molar-refractivity contribution in [1.82, 2.24) is 5.32 Å². The summed E-state index contributed by atoms with van der Waals surface area (Å²) >= 11 is 6.73. The Bertz CT molecular complexity index is 847. The van der Waals surface area contributed by atoms with Gasteiger partial charge in [-0.15, -0.1) is 11.3 Å². The summed E-state index contributed by atoms with van der Waals surface area (Å²) in [6.07, 6.45) is 6.20. The minimum absolute atomic E-state index is 0.203. The van der Waals surface area contributed by atoms with Crippen LogP contribution in [0.4, 0.5) is 5.00 Å². The van der Waals surface area contributed by atoms with E-state index in [9.17, 15) is 10.1 Å². The Balaban J connectivity index is 1.61. The number of rotatable bonds is 3. The van der Waals surface area contributed by atoms with Crippen molar-refractivity contribution in [3.63, 3.8) is 0 Å². The van der Waals surface area contributed by atoms with Crippen molar-refractivity contribution >= 4 is 45.7 Å². The summed E-state index contributed by atoms with van der Waals surface area (Å²) in [5, 5.41) is 15.9. The number of amides is 1. The van der Waals surface area contributed by atoms with Crippen LogP contribution in [0.3, 0.4) is 0 Å². The minimum Gasteiger partial charge on any atom is -0.323 e. The Morgan fingerprint density at radius 1 is 1.29 bits per heavy atom. The van der Waals surface area contributed by atoms with Gasteiger partial charge in [-0.2, -0.15) is 5.26 Å². The average molecular weight is 353 g/mol. The van der Waals surface area contributed by atoms with Crippen LogP contribution in [-0.4, -0.2) is 11.0 Å². The van der Waals surface area contributed by atoms with Gasteiger partial charge in [-0.25, -0.2) is 0 Å². The number of anilines is 1. The van der Waals surface area contributed by atoms with Gasteiger partial charge in [0.1, 0.15) is 11.1 Å². The molecule has 2 aromatic rings. The lowest BCUT2D eigenvalue weighted by Crippen LogP contribution is -2.32. The maximum atomic E-state index is 11.9. The molecule has 0 saturated heterocycles. The van der Waals surface area contributed by atoms with Gasteiger partial charge in [-0.3, -0.25) is 10.1 Å². The minimum atomic E-state index is -0.307. The van der Waals surface area contributed by atoms with E-state index in [1.165, 1.54) is 11.0 Å². The molecule has 120 valence electrons. The van der Waals surface area contributed by atoms with Crippen LogP contribution in [0.25, 0.3) is 6.08 Å². The number of benzene rings is 1. The molecule has 0 aliphatic heterocycles. The fraction of sp³-hybridized carbons (Fsp3) is 0.167. The topological polar surface area (TPSA) is 64.9 Å². The van der Waals surface area contributed by atoms with Crippen molar-refractivity contribution < 1.29 is 4.79 Å². The summed E-state index contributed by atoms with van der Waals surface area (Å²) in [7, 11) is 0. The zero-order valence-corrected chi connectivity index (χ0v) is 14.5. The first-order valence-corrected chi connectivity index (χ1v) is 8.79. The number of nitriles is 1. The number of carbonyl (C=O) groups is 1. The highest BCUT2D eigenvalue weighted by Crippen LogP contribution is 2.38. The van der Waals surface area contributed by atoms with Gasteiger partial charge < -0.3 is 5.32 Å². The summed E-state index contributed by atoms with van der Waals surface area (Å²) in [6, 6.07) is 11.8. The van der Waals surface area contributed by atoms with E-state index in [-0.39, 0.29) is 11.0 Å². The summed E-state index contributed by atoms with van der Waals surface area (Å²) in [5.41, 5.74) is 2.72. The predicted molar refractivity (Wildman–Crippen MR) is 101 cm³/mol. The molecule has 0 radical (unpaired) electrons. The highest BCUT2D eigenvalue weighted by Gasteiger charge is 2.22. The number of nitrogens with one attached hydrogen (secondary N) is 2. The van der Waals surface area contributed by atoms with Gasteiger partial charge in [-0.05, 0) is 48.7 Å². The standard InChI is InChI=1S/C18H15N3OS2/c19-11-14-13-7-4-8-15(13)24-17(14)21-18(23)20-16(22)10-9-12-5-2-1-3-6-12/h1-3,5-6,9-10H,4,7-8H2,(H2,20,21,22,23)/b10-9-. The molecule has 24 heavy (non-hydrogen) atoms. The molecule has 1 aliphatic carbocycles. The number of thiophene rings is 1. The van der Waals surface area contributed by atoms with Crippen LogP contribution in [0, 0.1) is 11.3 Å². The van der Waals surface area contributed by atoms with Crippen LogP contribution in [0.2, 0.25) is 0 Å². The second kappa shape index (κ2) is 7.39. The lowest BCUT2D eigenvalue weighted by Gasteiger charge is -2.07. The van der Waals surface area contributed by atoms with E-state index >= 15 is 0 Å². The molecule has 0 saturated carbocycles. The van der Waals surface area contributed by atoms with Crippen LogP contribution < -0.4 is 10.6 Å². The van der Waals surface area contributed by atoms with Crippen molar-refractivity contribution in [2.24, 2.45) is 0 Å². The Hall–Kier alpha value is -2.49. The third kappa shape index (κ3) is 3.70. The quantitative estimate of drug-likeness (QED) is 0.653. The molecule has 6 heteroatoms. The summed E-state index contributed by atoms with van der Waals surface area (Å²) in [5.74, 6) is -0.307. The molecule has 0 atom stereocenters. The monoisotopic (exact) mass is 353 g/mol. The third-order valence-electron chi connectivity index (χ3n) is 3.72. The first-order chi connectivity index (χ1) is 11.7. The van der Waals surface area contributed by atoms with Crippen molar-refractivity contribution in [3.05, 3.63) is 58.0 Å². The molecule has 1 aliphatic rings. The molecule has 3 rings (SSSR count). The largest absolute Gasteiger partial charge is 0.323 e. The van der Waals surface area contributed by atoms with Crippen molar-refractivity contribution in [2.45, 2.75) is 19.3 Å². The van der Waals surface area contributed by atoms with E-state index < -0.39 is 0 Å². The Morgan fingerprint density at radius 3 is 2.83 bits per heavy atom. The normalized spacial score (nSPS) is 12.6. The summed E-state index contributed by atoms with van der Waals surface area (Å²) in [4.78, 5) is 13.2. The molecule has 2 N–H and O–H groups in total. The molecule has 1 heterocycles. The van der Waals surface area contributed by atoms with Crippen molar-refractivity contribution in [3.8, 4) is 6.07 Å². The van der Waals surface area contributed by atoms with Crippen LogP contribution in [0.15, 0.2) is 36.4 Å². The van der Waals surface area contributed by atoms with Crippen LogP contribution >= 0.6 is 23.6 Å². The highest BCUT2D eigenvalue weighted by atomic mass is 32.1. The van der Waals surface area contributed by atoms with Gasteiger partial charge in [0.2, 0.25) is 5.91 Å². The van der Waals surface area contributed by atoms with E-state index in [0.29, 0.717) is 5.56 Å². The Labute approximate surface area is 149 Å². The molecule has 1 aromatic heterocycles. The van der Waals surface area contributed by atoms with Gasteiger partial charge >= 0.3 is 0 Å². The summed E-state index contributed by atoms with van der Waals surface area (Å²) in [6.45, 7) is 0. The van der Waals surface area contributed by atoms with Crippen molar-refractivity contribution in [1.29, 1.82) is 5.26 Å². The smallest absolute Gasteiger partial charge is 0.250 e. The molecular formula is C18H15N3OS2. The van der Waals surface area contributed by atoms with E-state index in [0.717, 1.165) is 35.4 Å². The van der Waals surface area contributed by atoms with Crippen LogP contribution in [-0.2, 0) is 17.6 Å². The number of fused-ring (bicyclic) bond motifs is 1. The number of carbonyl (C=O) groups excluding carboxylic acids is 1. The van der Waals surface area contributed by atoms with Gasteiger partial charge in [0, 0.05) is 11.0 Å². The summed E-state index contributed by atoms with van der Waals surface area (Å²) < 4.78 is 0. The van der Waals surface area contributed by atoms with E-state index in [4.69, 9.17) is 12.2 Å². The number of thiocarbonyl (C=S) groups is 1. The van der Waals surface area contributed by atoms with Gasteiger partial charge in [0.15, 0.2) is 5.11 Å². The zero-order chi connectivity index (χ0) is 16.9. The first kappa shape index (κ1) is 16.4. The second-order valence-electron chi connectivity index (χ2n) is 5.36. The Morgan fingerprint density at radius 2 is 2.08 bits per heavy atom. The van der Waals surface area contributed by atoms with Crippen molar-refractivity contribution in [2.75, 3.05) is 5.32 Å². The molecule has 0 spiro atoms. The predicted octanol–water partition coefficient (Wildman–Crippen LogP) is 3.63. The molecule has 1 aromatic carbocycles. The molecule has 1 amide bonds. The fourth-order valence-corrected chi connectivity index (χ4v) is 4.15. The second-order valence-corrected chi connectivity index (χ2v) is 6.87. The Kier molecular flexibility index (Phi) is 5.04. The fourth-order valence-electron chi connectivity index (χ4n) is 2.63. The van der Waals surface area contributed by atoms with Gasteiger partial charge in [-0.1, -0.05) is 30.3 Å². The maximum absolute atomic E-state index is 11.9. The molecule has 0 unspecified atom stereocenters. The lowest BCUT2D eigenvalue weighted by molar-refractivity contribution is -0.115. The molecular weight excluding hydrogens is 338 g/mol. The number of nitrogens with zero attached hydrogens (tertiary/aromatic N) is 1. The number of hydrogen-bond donors (Lipinski definition) is 2. The molecule has 4 nitrogen and oxygen atoms in total. The van der Waals surface area contributed by atoms with E-state index in [1.54, 1.807) is 17.4 Å². The third-order valence-corrected chi connectivity index (χ3v) is 5.13. The van der Waals surface area contributed by atoms with Crippen LogP contribution in [0.5, 0.6) is 0 Å². The lowest BCUT2D eigenvalue weighted by atomic mass is 10.1. The van der Waals surface area contributed by atoms with Gasteiger partial charge in [0.25, 0.3) is 0 Å². The zero-order valence-electron chi connectivity index (χ0n) is 12.8. The maximum Gasteiger partial charge on any atom is 0.250 e. The van der Waals surface area contributed by atoms with Gasteiger partial charge in [0.05, 0.1) is 5.56 Å². The van der Waals surface area contributed by atoms with E-state index in [1.807, 2.05) is 30.3 Å². The molecule has 0 bridgehead atoms. The molecule has 0 fully saturated rings. The first-order valence-electron chi connectivity index (χ1n) is 7.57. The SMILES string of the molecule is N#Cc1c(NC(=S)NC(=O)/C=C\c2ccccc2)sc2c1CCC2. The number of aryl methyl sites for hydroxylation is 1.